The Morgan fingerprint density at radius 2 is 1.38 bits per heavy atom. The summed E-state index contributed by atoms with van der Waals surface area (Å²) in [5, 5.41) is 91.2. The summed E-state index contributed by atoms with van der Waals surface area (Å²) in [4.78, 5) is 105. The van der Waals surface area contributed by atoms with E-state index in [1.165, 1.54) is 41.5 Å². The zero-order valence-corrected chi connectivity index (χ0v) is 46.8. The number of aliphatic hydroxyl groups excluding tert-OH is 6. The summed E-state index contributed by atoms with van der Waals surface area (Å²) in [5.74, 6) is -8.51. The topological polar surface area (TPSA) is 392 Å². The highest BCUT2D eigenvalue weighted by Gasteiger charge is 2.50. The van der Waals surface area contributed by atoms with Crippen LogP contribution in [-0.2, 0) is 48.2 Å². The molecule has 25 heteroatoms. The number of aliphatic hydroxyl groups is 6. The highest BCUT2D eigenvalue weighted by Crippen LogP contribution is 2.31. The Morgan fingerprint density at radius 1 is 0.726 bits per heavy atom. The van der Waals surface area contributed by atoms with Crippen molar-refractivity contribution >= 4 is 47.0 Å². The van der Waals surface area contributed by atoms with E-state index in [0.717, 1.165) is 53.0 Å². The maximum absolute atomic E-state index is 14.7. The van der Waals surface area contributed by atoms with Crippen LogP contribution in [0.15, 0.2) is 91.0 Å². The fourth-order valence-corrected chi connectivity index (χ4v) is 11.2. The summed E-state index contributed by atoms with van der Waals surface area (Å²) in [6.07, 6.45) is -10.8. The van der Waals surface area contributed by atoms with Crippen LogP contribution in [-0.4, -0.2) is 206 Å². The molecule has 0 bridgehead atoms. The number of benzene rings is 4. The van der Waals surface area contributed by atoms with Crippen molar-refractivity contribution in [1.29, 1.82) is 0 Å². The number of anilines is 1. The van der Waals surface area contributed by atoms with Gasteiger partial charge in [0.2, 0.25) is 35.4 Å². The zero-order chi connectivity index (χ0) is 60.5. The van der Waals surface area contributed by atoms with E-state index in [4.69, 9.17) is 16.2 Å². The molecule has 0 aromatic heterocycles. The summed E-state index contributed by atoms with van der Waals surface area (Å²) < 4.78 is 5.51. The molecule has 0 unspecified atom stereocenters. The van der Waals surface area contributed by atoms with Crippen molar-refractivity contribution in [1.82, 2.24) is 36.4 Å². The van der Waals surface area contributed by atoms with Crippen molar-refractivity contribution in [2.45, 2.75) is 125 Å². The Hall–Kier alpha value is -7.75. The molecule has 16 N–H and O–H groups in total. The number of hydrogen-bond acceptors (Lipinski definition) is 18. The Morgan fingerprint density at radius 3 is 2.06 bits per heavy atom. The van der Waals surface area contributed by atoms with Crippen LogP contribution in [0.3, 0.4) is 0 Å². The van der Waals surface area contributed by atoms with Crippen molar-refractivity contribution in [2.24, 2.45) is 17.4 Å². The molecule has 25 nitrogen and oxygen atoms in total. The summed E-state index contributed by atoms with van der Waals surface area (Å²) in [6, 6.07) is 16.0. The van der Waals surface area contributed by atoms with E-state index in [0.29, 0.717) is 0 Å². The first kappa shape index (κ1) is 62.3. The van der Waals surface area contributed by atoms with Crippen molar-refractivity contribution in [3.05, 3.63) is 113 Å². The van der Waals surface area contributed by atoms with E-state index in [2.05, 4.69) is 43.6 Å². The molecular weight excluding hydrogens is 1090 g/mol. The van der Waals surface area contributed by atoms with E-state index < -0.39 is 152 Å². The first-order valence-corrected chi connectivity index (χ1v) is 28.2. The highest BCUT2D eigenvalue weighted by atomic mass is 16.5. The number of rotatable bonds is 14. The van der Waals surface area contributed by atoms with Crippen LogP contribution < -0.4 is 47.7 Å². The molecule has 8 rings (SSSR count). The molecule has 0 saturated carbocycles. The van der Waals surface area contributed by atoms with Gasteiger partial charge in [-0.15, -0.1) is 0 Å². The second-order valence-corrected chi connectivity index (χ2v) is 22.1. The van der Waals surface area contributed by atoms with Gasteiger partial charge in [-0.2, -0.15) is 0 Å². The fourth-order valence-electron chi connectivity index (χ4n) is 11.2. The van der Waals surface area contributed by atoms with Gasteiger partial charge >= 0.3 is 0 Å². The Kier molecular flexibility index (Phi) is 20.6. The Labute approximate surface area is 485 Å². The average molecular weight is 1170 g/mol. The Balaban J connectivity index is 1.08. The van der Waals surface area contributed by atoms with Crippen molar-refractivity contribution in [3.63, 3.8) is 0 Å². The van der Waals surface area contributed by atoms with Gasteiger partial charge in [-0.1, -0.05) is 61.5 Å². The lowest BCUT2D eigenvalue weighted by atomic mass is 9.98. The number of nitrogens with one attached hydrogen (secondary N) is 5. The van der Waals surface area contributed by atoms with E-state index in [1.807, 2.05) is 36.4 Å². The fraction of sp³-hybridized carbons (Fsp3) is 0.475. The number of carbonyl (C=O) groups is 7. The number of amides is 7. The van der Waals surface area contributed by atoms with E-state index >= 15 is 0 Å². The predicted octanol–water partition coefficient (Wildman–Crippen LogP) is -2.74. The maximum Gasteiger partial charge on any atom is 0.251 e. The van der Waals surface area contributed by atoms with Gasteiger partial charge in [-0.25, -0.2) is 0 Å². The van der Waals surface area contributed by atoms with Crippen molar-refractivity contribution in [3.8, 4) is 22.6 Å². The molecule has 13 atom stereocenters. The SMILES string of the molecule is C[C@@H](O)[C@@H]1NC(=O)[C@@H](NC(=O)c2ccc(-c3ccc(N4CCc5ccccc5C4)cc3)cc2)C[C@@H](O)CNC(=O)[C@@H]2[C@@H](O)[C@@H](C)CN2C(=O)[C@H]([C@H](O)CCN)NC(=O)[C@H]([C@H](O)Cc2ccc(O)c(OCCN)c2)NC(=O)[C@@H]2C[C@@H](O)CN2C1=O. The number of fused-ring (bicyclic) bond motifs is 3. The number of phenolic OH excluding ortho intramolecular Hbond substituents is 1. The average Bonchev–Trinajstić information content (AvgIpc) is 3.94. The second-order valence-electron chi connectivity index (χ2n) is 22.1. The molecule has 7 amide bonds. The smallest absolute Gasteiger partial charge is 0.251 e. The normalized spacial score (nSPS) is 26.7. The molecule has 0 spiro atoms. The van der Waals surface area contributed by atoms with Crippen molar-refractivity contribution in [2.75, 3.05) is 50.8 Å². The minimum atomic E-state index is -2.03. The highest BCUT2D eigenvalue weighted by molar-refractivity contribution is 6.00. The van der Waals surface area contributed by atoms with Crippen LogP contribution in [0.25, 0.3) is 11.1 Å². The van der Waals surface area contributed by atoms with Crippen molar-refractivity contribution < 1.29 is 74.0 Å². The molecule has 4 aliphatic rings. The van der Waals surface area contributed by atoms with Crippen LogP contribution in [0.1, 0.15) is 60.2 Å². The van der Waals surface area contributed by atoms with Gasteiger partial charge in [0.1, 0.15) is 42.9 Å². The number of phenols is 1. The largest absolute Gasteiger partial charge is 0.504 e. The van der Waals surface area contributed by atoms with Gasteiger partial charge in [-0.05, 0) is 90.5 Å². The number of β-amino-alcohol motifs (C(OH)–C–C–N with tert-alkyl or cyclic N) is 1. The van der Waals surface area contributed by atoms with Gasteiger partial charge in [0.25, 0.3) is 5.91 Å². The first-order chi connectivity index (χ1) is 40.1. The van der Waals surface area contributed by atoms with E-state index in [-0.39, 0.29) is 55.3 Å². The summed E-state index contributed by atoms with van der Waals surface area (Å²) in [7, 11) is 0. The monoisotopic (exact) mass is 1160 g/mol. The number of nitrogens with zero attached hydrogens (tertiary/aromatic N) is 3. The number of ether oxygens (including phenoxy) is 1. The third-order valence-electron chi connectivity index (χ3n) is 15.9. The van der Waals surface area contributed by atoms with Gasteiger partial charge in [-0.3, -0.25) is 33.6 Å². The van der Waals surface area contributed by atoms with E-state index in [9.17, 15) is 69.3 Å². The predicted molar refractivity (Wildman–Crippen MR) is 304 cm³/mol. The molecule has 4 aromatic carbocycles. The van der Waals surface area contributed by atoms with Crippen LogP contribution >= 0.6 is 0 Å². The molecule has 4 heterocycles. The van der Waals surface area contributed by atoms with Gasteiger partial charge in [0.05, 0.1) is 36.6 Å². The molecule has 84 heavy (non-hydrogen) atoms. The van der Waals surface area contributed by atoms with Crippen LogP contribution in [0.4, 0.5) is 5.69 Å². The molecule has 3 saturated heterocycles. The quantitative estimate of drug-likeness (QED) is 0.0609. The van der Waals surface area contributed by atoms with Gasteiger partial charge in [0, 0.05) is 75.7 Å². The minimum Gasteiger partial charge on any atom is -0.504 e. The third-order valence-corrected chi connectivity index (χ3v) is 15.9. The number of hydrogen-bond donors (Lipinski definition) is 14. The zero-order valence-electron chi connectivity index (χ0n) is 46.8. The summed E-state index contributed by atoms with van der Waals surface area (Å²) in [6.45, 7) is 2.79. The lowest BCUT2D eigenvalue weighted by Crippen LogP contribution is -2.64. The summed E-state index contributed by atoms with van der Waals surface area (Å²) in [5.41, 5.74) is 17.0. The van der Waals surface area contributed by atoms with Crippen LogP contribution in [0.2, 0.25) is 0 Å². The molecule has 452 valence electrons. The van der Waals surface area contributed by atoms with Crippen LogP contribution in [0.5, 0.6) is 11.5 Å². The molecule has 4 aromatic rings. The van der Waals surface area contributed by atoms with Gasteiger partial charge in [0.15, 0.2) is 11.5 Å². The number of aromatic hydroxyl groups is 1. The molecular formula is C59H76N10O15. The standard InChI is InChI=1S/C59H76N10O15/c1-31-28-69-51(52(31)76)57(81)62-27-40(71)25-42(63-53(77)37-10-8-35(9-11-37)36-12-14-39(15-13-36)67-21-18-34-5-3-4-6-38(34)29-67)54(78)64-48(32(2)70)58(82)68-30-41(72)26-43(68)55(79)65-49(56(80)66-50(59(69)83)45(74)17-19-60)46(75)23-33-7-16-44(73)47(24-33)84-22-20-61/h3-16,24,31-32,40-43,45-46,48-52,70-76H,17-23,25-30,60-61H2,1-2H3,(H,62,81)(H,63,77)(H,64,78)(H,65,79)(H,66,80)/t31-,32+,40+,41+,42-,43-,45+,46+,48-,49-,50-,51-,52-/m0/s1. The lowest BCUT2D eigenvalue weighted by molar-refractivity contribution is -0.147. The first-order valence-electron chi connectivity index (χ1n) is 28.2. The molecule has 4 aliphatic heterocycles. The number of nitrogens with two attached hydrogens (primary N) is 2. The maximum atomic E-state index is 14.7. The minimum absolute atomic E-state index is 0.0000141. The Bertz CT molecular complexity index is 3010. The second kappa shape index (κ2) is 27.8. The van der Waals surface area contributed by atoms with Gasteiger partial charge < -0.3 is 93.2 Å². The lowest BCUT2D eigenvalue weighted by Gasteiger charge is -2.34. The van der Waals surface area contributed by atoms with E-state index in [1.54, 1.807) is 19.1 Å². The van der Waals surface area contributed by atoms with Crippen LogP contribution in [0, 0.1) is 5.92 Å². The summed E-state index contributed by atoms with van der Waals surface area (Å²) >= 11 is 0. The molecule has 0 aliphatic carbocycles. The number of carbonyl (C=O) groups excluding carboxylic acids is 7. The molecule has 3 fully saturated rings. The third kappa shape index (κ3) is 14.6. The molecule has 0 radical (unpaired) electrons.